The van der Waals surface area contributed by atoms with Crippen molar-refractivity contribution < 1.29 is 0 Å². The molecule has 0 rings (SSSR count). The van der Waals surface area contributed by atoms with Crippen LogP contribution < -0.4 is 0 Å². The summed E-state index contributed by atoms with van der Waals surface area (Å²) in [6.45, 7) is 9.88. The van der Waals surface area contributed by atoms with Gasteiger partial charge in [-0.05, 0) is 40.3 Å². The first-order valence-electron chi connectivity index (χ1n) is 5.94. The lowest BCUT2D eigenvalue weighted by Crippen LogP contribution is -2.45. The molecule has 0 N–H and O–H groups in total. The van der Waals surface area contributed by atoms with Crippen molar-refractivity contribution in [2.75, 3.05) is 28.2 Å². The highest BCUT2D eigenvalue weighted by atomic mass is 28.3. The molecule has 0 aromatic rings. The van der Waals surface area contributed by atoms with Crippen LogP contribution in [0.1, 0.15) is 6.42 Å². The number of rotatable bonds is 6. The molecule has 0 bridgehead atoms. The van der Waals surface area contributed by atoms with Gasteiger partial charge in [-0.2, -0.15) is 0 Å². The van der Waals surface area contributed by atoms with Gasteiger partial charge in [0, 0.05) is 0 Å². The Labute approximate surface area is 98.8 Å². The Morgan fingerprint density at radius 1 is 0.667 bits per heavy atom. The van der Waals surface area contributed by atoms with Gasteiger partial charge in [0.15, 0.2) is 0 Å². The Kier molecular flexibility index (Phi) is 5.75. The minimum absolute atomic E-state index is 1.08. The van der Waals surface area contributed by atoms with E-state index >= 15 is 0 Å². The van der Waals surface area contributed by atoms with E-state index in [1.807, 2.05) is 0 Å². The number of hydrogen-bond acceptors (Lipinski definition) is 2. The smallest absolute Gasteiger partial charge is 0.121 e. The summed E-state index contributed by atoms with van der Waals surface area (Å²) in [7, 11) is 6.79. The zero-order valence-electron chi connectivity index (χ0n) is 12.0. The summed E-state index contributed by atoms with van der Waals surface area (Å²) in [5, 5.41) is 0. The Balaban J connectivity index is 4.00. The molecule has 0 radical (unpaired) electrons. The lowest BCUT2D eigenvalue weighted by atomic mass is 10.6. The third-order valence-electron chi connectivity index (χ3n) is 4.00. The lowest BCUT2D eigenvalue weighted by Gasteiger charge is -2.34. The van der Waals surface area contributed by atoms with Crippen LogP contribution in [-0.2, 0) is 0 Å². The molecular formula is C11H30N2Si2. The van der Waals surface area contributed by atoms with Crippen molar-refractivity contribution in [3.63, 3.8) is 0 Å². The maximum absolute atomic E-state index is 2.47. The van der Waals surface area contributed by atoms with Crippen LogP contribution in [0, 0.1) is 0 Å². The van der Waals surface area contributed by atoms with E-state index in [1.54, 1.807) is 0 Å². The van der Waals surface area contributed by atoms with Crippen molar-refractivity contribution >= 4 is 16.5 Å². The van der Waals surface area contributed by atoms with Crippen molar-refractivity contribution in [1.82, 2.24) is 9.13 Å². The van der Waals surface area contributed by atoms with Gasteiger partial charge in [-0.15, -0.1) is 0 Å². The molecular weight excluding hydrogens is 216 g/mol. The maximum Gasteiger partial charge on any atom is 0.121 e. The molecule has 0 aromatic heterocycles. The second-order valence-corrected chi connectivity index (χ2v) is 16.3. The Morgan fingerprint density at radius 3 is 1.13 bits per heavy atom. The Bertz CT molecular complexity index is 169. The zero-order valence-corrected chi connectivity index (χ0v) is 14.0. The molecule has 0 atom stereocenters. The van der Waals surface area contributed by atoms with Gasteiger partial charge >= 0.3 is 0 Å². The highest BCUT2D eigenvalue weighted by Gasteiger charge is 2.27. The molecule has 2 nitrogen and oxygen atoms in total. The predicted molar refractivity (Wildman–Crippen MR) is 76.6 cm³/mol. The van der Waals surface area contributed by atoms with Crippen molar-refractivity contribution in [3.8, 4) is 0 Å². The quantitative estimate of drug-likeness (QED) is 0.665. The van der Waals surface area contributed by atoms with Crippen molar-refractivity contribution in [2.24, 2.45) is 0 Å². The maximum atomic E-state index is 2.47. The van der Waals surface area contributed by atoms with E-state index in [4.69, 9.17) is 0 Å². The molecule has 0 aromatic carbocycles. The first-order chi connectivity index (χ1) is 6.59. The summed E-state index contributed by atoms with van der Waals surface area (Å²) in [5.41, 5.74) is 0. The highest BCUT2D eigenvalue weighted by molar-refractivity contribution is 6.76. The largest absolute Gasteiger partial charge is 0.329 e. The summed E-state index contributed by atoms with van der Waals surface area (Å²) in [6, 6.07) is 2.87. The van der Waals surface area contributed by atoms with Crippen molar-refractivity contribution in [1.29, 1.82) is 0 Å². The summed E-state index contributed by atoms with van der Waals surface area (Å²) in [6.07, 6.45) is 1.41. The fourth-order valence-corrected chi connectivity index (χ4v) is 4.73. The van der Waals surface area contributed by atoms with E-state index in [1.165, 1.54) is 18.5 Å². The van der Waals surface area contributed by atoms with Crippen LogP contribution in [0.5, 0.6) is 0 Å². The fourth-order valence-electron chi connectivity index (χ4n) is 1.40. The zero-order chi connectivity index (χ0) is 12.3. The second kappa shape index (κ2) is 5.61. The highest BCUT2D eigenvalue weighted by Crippen LogP contribution is 2.21. The minimum atomic E-state index is -1.08. The van der Waals surface area contributed by atoms with E-state index in [2.05, 4.69) is 63.5 Å². The molecule has 4 heteroatoms. The van der Waals surface area contributed by atoms with Gasteiger partial charge in [0.25, 0.3) is 0 Å². The normalized spacial score (nSPS) is 14.0. The fraction of sp³-hybridized carbons (Fsp3) is 1.00. The molecule has 0 amide bonds. The van der Waals surface area contributed by atoms with Crippen molar-refractivity contribution in [2.45, 2.75) is 44.7 Å². The molecule has 0 fully saturated rings. The molecule has 0 unspecified atom stereocenters. The third-order valence-corrected chi connectivity index (χ3v) is 12.0. The van der Waals surface area contributed by atoms with Gasteiger partial charge < -0.3 is 9.13 Å². The first kappa shape index (κ1) is 15.4. The average Bonchev–Trinajstić information content (AvgIpc) is 2.02. The standard InChI is InChI=1S/C11H30N2Si2/c1-12(2)14(5,6)10-9-11-15(7,8)13(3)4/h9-11H2,1-8H3. The Hall–Kier alpha value is 0.354. The van der Waals surface area contributed by atoms with Crippen LogP contribution in [0.2, 0.25) is 38.3 Å². The van der Waals surface area contributed by atoms with E-state index in [-0.39, 0.29) is 0 Å². The van der Waals surface area contributed by atoms with Crippen LogP contribution >= 0.6 is 0 Å². The molecule has 15 heavy (non-hydrogen) atoms. The monoisotopic (exact) mass is 246 g/mol. The van der Waals surface area contributed by atoms with Crippen LogP contribution in [0.25, 0.3) is 0 Å². The molecule has 0 heterocycles. The number of hydrogen-bond donors (Lipinski definition) is 0. The van der Waals surface area contributed by atoms with Gasteiger partial charge in [0.1, 0.15) is 16.5 Å². The second-order valence-electron chi connectivity index (χ2n) is 6.27. The summed E-state index contributed by atoms with van der Waals surface area (Å²) in [5.74, 6) is 0. The van der Waals surface area contributed by atoms with Gasteiger partial charge in [-0.1, -0.05) is 32.6 Å². The van der Waals surface area contributed by atoms with E-state index in [9.17, 15) is 0 Å². The lowest BCUT2D eigenvalue weighted by molar-refractivity contribution is 0.602. The van der Waals surface area contributed by atoms with Gasteiger partial charge in [-0.3, -0.25) is 0 Å². The summed E-state index contributed by atoms with van der Waals surface area (Å²) in [4.78, 5) is 0. The van der Waals surface area contributed by atoms with Crippen molar-refractivity contribution in [3.05, 3.63) is 0 Å². The number of nitrogens with zero attached hydrogens (tertiary/aromatic N) is 2. The Morgan fingerprint density at radius 2 is 0.933 bits per heavy atom. The molecule has 0 spiro atoms. The minimum Gasteiger partial charge on any atom is -0.329 e. The topological polar surface area (TPSA) is 6.48 Å². The summed E-state index contributed by atoms with van der Waals surface area (Å²) >= 11 is 0. The van der Waals surface area contributed by atoms with Gasteiger partial charge in [-0.25, -0.2) is 0 Å². The molecule has 0 saturated heterocycles. The molecule has 0 saturated carbocycles. The van der Waals surface area contributed by atoms with E-state index in [0.29, 0.717) is 0 Å². The van der Waals surface area contributed by atoms with Gasteiger partial charge in [0.2, 0.25) is 0 Å². The summed E-state index contributed by atoms with van der Waals surface area (Å²) < 4.78 is 4.94. The van der Waals surface area contributed by atoms with E-state index in [0.717, 1.165) is 0 Å². The van der Waals surface area contributed by atoms with Crippen LogP contribution in [0.3, 0.4) is 0 Å². The third kappa shape index (κ3) is 5.29. The first-order valence-corrected chi connectivity index (χ1v) is 12.3. The van der Waals surface area contributed by atoms with Crippen LogP contribution in [-0.4, -0.2) is 53.8 Å². The molecule has 92 valence electrons. The predicted octanol–water partition coefficient (Wildman–Crippen LogP) is 2.91. The average molecular weight is 247 g/mol. The van der Waals surface area contributed by atoms with Gasteiger partial charge in [0.05, 0.1) is 0 Å². The molecule has 0 aliphatic heterocycles. The van der Waals surface area contributed by atoms with Crippen LogP contribution in [0.15, 0.2) is 0 Å². The molecule has 0 aliphatic carbocycles. The van der Waals surface area contributed by atoms with Crippen LogP contribution in [0.4, 0.5) is 0 Å². The molecule has 0 aliphatic rings. The SMILES string of the molecule is CN(C)[Si](C)(C)CCC[Si](C)(C)N(C)C. The van der Waals surface area contributed by atoms with E-state index < -0.39 is 16.5 Å².